The van der Waals surface area contributed by atoms with Crippen LogP contribution in [0.3, 0.4) is 0 Å². The standard InChI is InChI=1S/C25H19ClO/c1-25(2)20-14-13-18(26)15-19(20)21-22(25)24(17-11-7-4-8-12-17)27-23(21)16-9-5-3-6-10-16/h3-15H,1-2H3. The number of hydrogen-bond donors (Lipinski definition) is 0. The molecule has 0 fully saturated rings. The summed E-state index contributed by atoms with van der Waals surface area (Å²) in [6.07, 6.45) is 0. The van der Waals surface area contributed by atoms with Gasteiger partial charge in [-0.3, -0.25) is 0 Å². The van der Waals surface area contributed by atoms with Crippen molar-refractivity contribution < 1.29 is 4.42 Å². The van der Waals surface area contributed by atoms with Gasteiger partial charge in [-0.15, -0.1) is 0 Å². The molecule has 132 valence electrons. The van der Waals surface area contributed by atoms with Crippen molar-refractivity contribution in [3.63, 3.8) is 0 Å². The molecule has 0 radical (unpaired) electrons. The molecule has 0 spiro atoms. The first-order valence-electron chi connectivity index (χ1n) is 9.16. The predicted octanol–water partition coefficient (Wildman–Crippen LogP) is 7.57. The summed E-state index contributed by atoms with van der Waals surface area (Å²) in [7, 11) is 0. The average molecular weight is 371 g/mol. The zero-order valence-electron chi connectivity index (χ0n) is 15.3. The predicted molar refractivity (Wildman–Crippen MR) is 112 cm³/mol. The second kappa shape index (κ2) is 5.87. The van der Waals surface area contributed by atoms with Crippen LogP contribution in [0.5, 0.6) is 0 Å². The van der Waals surface area contributed by atoms with Crippen molar-refractivity contribution in [3.05, 3.63) is 95.0 Å². The molecule has 0 atom stereocenters. The third-order valence-electron chi connectivity index (χ3n) is 5.53. The second-order valence-electron chi connectivity index (χ2n) is 7.56. The SMILES string of the molecule is CC1(C)c2ccc(Cl)cc2-c2c(-c3ccccc3)oc(-c3ccccc3)c21. The maximum atomic E-state index is 6.55. The van der Waals surface area contributed by atoms with Crippen molar-refractivity contribution in [1.82, 2.24) is 0 Å². The van der Waals surface area contributed by atoms with Crippen molar-refractivity contribution in [2.24, 2.45) is 0 Å². The van der Waals surface area contributed by atoms with Gasteiger partial charge < -0.3 is 4.42 Å². The summed E-state index contributed by atoms with van der Waals surface area (Å²) in [5.41, 5.74) is 6.90. The van der Waals surface area contributed by atoms with Crippen LogP contribution in [0.1, 0.15) is 25.0 Å². The van der Waals surface area contributed by atoms with Gasteiger partial charge in [0, 0.05) is 32.7 Å². The van der Waals surface area contributed by atoms with Crippen LogP contribution in [0.25, 0.3) is 33.8 Å². The van der Waals surface area contributed by atoms with E-state index in [0.29, 0.717) is 0 Å². The van der Waals surface area contributed by atoms with Crippen molar-refractivity contribution in [2.75, 3.05) is 0 Å². The molecule has 0 saturated heterocycles. The zero-order valence-corrected chi connectivity index (χ0v) is 16.0. The molecule has 4 aromatic rings. The number of furan rings is 1. The van der Waals surface area contributed by atoms with Crippen LogP contribution in [-0.4, -0.2) is 0 Å². The van der Waals surface area contributed by atoms with Crippen LogP contribution in [0.2, 0.25) is 5.02 Å². The molecule has 2 heteroatoms. The molecule has 1 aliphatic carbocycles. The summed E-state index contributed by atoms with van der Waals surface area (Å²) in [6.45, 7) is 4.53. The van der Waals surface area contributed by atoms with Crippen LogP contribution in [0, 0.1) is 0 Å². The Morgan fingerprint density at radius 1 is 0.741 bits per heavy atom. The maximum absolute atomic E-state index is 6.55. The van der Waals surface area contributed by atoms with E-state index in [1.165, 1.54) is 22.3 Å². The van der Waals surface area contributed by atoms with Gasteiger partial charge in [-0.25, -0.2) is 0 Å². The second-order valence-corrected chi connectivity index (χ2v) is 7.99. The van der Waals surface area contributed by atoms with Crippen LogP contribution in [0.4, 0.5) is 0 Å². The fourth-order valence-electron chi connectivity index (χ4n) is 4.27. The summed E-state index contributed by atoms with van der Waals surface area (Å²) in [4.78, 5) is 0. The minimum absolute atomic E-state index is 0.156. The summed E-state index contributed by atoms with van der Waals surface area (Å²) in [6, 6.07) is 26.9. The van der Waals surface area contributed by atoms with E-state index in [1.807, 2.05) is 30.3 Å². The summed E-state index contributed by atoms with van der Waals surface area (Å²) < 4.78 is 6.55. The number of fused-ring (bicyclic) bond motifs is 3. The first-order chi connectivity index (χ1) is 13.1. The number of halogens is 1. The summed E-state index contributed by atoms with van der Waals surface area (Å²) in [5.74, 6) is 1.86. The van der Waals surface area contributed by atoms with E-state index < -0.39 is 0 Å². The molecule has 1 aromatic heterocycles. The lowest BCUT2D eigenvalue weighted by Gasteiger charge is -2.21. The van der Waals surface area contributed by atoms with Crippen molar-refractivity contribution in [3.8, 4) is 33.8 Å². The average Bonchev–Trinajstić information content (AvgIpc) is 3.19. The lowest BCUT2D eigenvalue weighted by molar-refractivity contribution is 0.575. The molecule has 1 aliphatic rings. The van der Waals surface area contributed by atoms with Crippen LogP contribution in [0.15, 0.2) is 83.3 Å². The van der Waals surface area contributed by atoms with Crippen LogP contribution >= 0.6 is 11.6 Å². The Kier molecular flexibility index (Phi) is 3.57. The summed E-state index contributed by atoms with van der Waals surface area (Å²) in [5, 5.41) is 0.749. The van der Waals surface area contributed by atoms with E-state index in [2.05, 4.69) is 62.4 Å². The molecule has 27 heavy (non-hydrogen) atoms. The first-order valence-corrected chi connectivity index (χ1v) is 9.53. The van der Waals surface area contributed by atoms with Gasteiger partial charge in [0.2, 0.25) is 0 Å². The lowest BCUT2D eigenvalue weighted by Crippen LogP contribution is -2.15. The summed E-state index contributed by atoms with van der Waals surface area (Å²) >= 11 is 6.37. The number of rotatable bonds is 2. The Balaban J connectivity index is 1.89. The van der Waals surface area contributed by atoms with Gasteiger partial charge in [0.1, 0.15) is 11.5 Å². The third-order valence-corrected chi connectivity index (χ3v) is 5.76. The van der Waals surface area contributed by atoms with E-state index in [-0.39, 0.29) is 5.41 Å². The van der Waals surface area contributed by atoms with E-state index in [4.69, 9.17) is 16.0 Å². The molecule has 0 aliphatic heterocycles. The molecule has 0 unspecified atom stereocenters. The van der Waals surface area contributed by atoms with Crippen molar-refractivity contribution >= 4 is 11.6 Å². The zero-order chi connectivity index (χ0) is 18.6. The molecule has 0 bridgehead atoms. The highest BCUT2D eigenvalue weighted by Gasteiger charge is 2.42. The third kappa shape index (κ3) is 2.39. The van der Waals surface area contributed by atoms with E-state index in [9.17, 15) is 0 Å². The van der Waals surface area contributed by atoms with Crippen molar-refractivity contribution in [1.29, 1.82) is 0 Å². The largest absolute Gasteiger partial charge is 0.455 e. The highest BCUT2D eigenvalue weighted by Crippen LogP contribution is 2.57. The Bertz CT molecular complexity index is 1140. The minimum atomic E-state index is -0.156. The topological polar surface area (TPSA) is 13.1 Å². The Morgan fingerprint density at radius 2 is 1.33 bits per heavy atom. The molecule has 3 aromatic carbocycles. The Labute approximate surface area is 164 Å². The fourth-order valence-corrected chi connectivity index (χ4v) is 4.45. The van der Waals surface area contributed by atoms with Gasteiger partial charge in [0.05, 0.1) is 0 Å². The monoisotopic (exact) mass is 370 g/mol. The van der Waals surface area contributed by atoms with E-state index in [0.717, 1.165) is 27.7 Å². The minimum Gasteiger partial charge on any atom is -0.455 e. The molecule has 0 amide bonds. The normalized spacial score (nSPS) is 14.0. The van der Waals surface area contributed by atoms with E-state index >= 15 is 0 Å². The van der Waals surface area contributed by atoms with Gasteiger partial charge in [0.15, 0.2) is 0 Å². The lowest BCUT2D eigenvalue weighted by atomic mass is 9.81. The molecular formula is C25H19ClO. The molecule has 0 saturated carbocycles. The smallest absolute Gasteiger partial charge is 0.142 e. The van der Waals surface area contributed by atoms with Gasteiger partial charge >= 0.3 is 0 Å². The molecule has 1 heterocycles. The fraction of sp³-hybridized carbons (Fsp3) is 0.120. The number of benzene rings is 3. The van der Waals surface area contributed by atoms with Crippen LogP contribution < -0.4 is 0 Å². The quantitative estimate of drug-likeness (QED) is 0.354. The molecule has 0 N–H and O–H groups in total. The van der Waals surface area contributed by atoms with Gasteiger partial charge in [-0.1, -0.05) is 92.2 Å². The van der Waals surface area contributed by atoms with Gasteiger partial charge in [-0.2, -0.15) is 0 Å². The Morgan fingerprint density at radius 3 is 1.96 bits per heavy atom. The molecular weight excluding hydrogens is 352 g/mol. The van der Waals surface area contributed by atoms with Crippen molar-refractivity contribution in [2.45, 2.75) is 19.3 Å². The highest BCUT2D eigenvalue weighted by molar-refractivity contribution is 6.31. The maximum Gasteiger partial charge on any atom is 0.142 e. The first kappa shape index (κ1) is 16.4. The molecule has 1 nitrogen and oxygen atoms in total. The number of hydrogen-bond acceptors (Lipinski definition) is 1. The molecule has 5 rings (SSSR count). The van der Waals surface area contributed by atoms with E-state index in [1.54, 1.807) is 0 Å². The van der Waals surface area contributed by atoms with Gasteiger partial charge in [-0.05, 0) is 23.3 Å². The van der Waals surface area contributed by atoms with Gasteiger partial charge in [0.25, 0.3) is 0 Å². The van der Waals surface area contributed by atoms with Crippen LogP contribution in [-0.2, 0) is 5.41 Å². The highest BCUT2D eigenvalue weighted by atomic mass is 35.5. The Hall–Kier alpha value is -2.77.